The average Bonchev–Trinajstić information content (AvgIpc) is 3.35. The average molecular weight is 426 g/mol. The normalized spacial score (nSPS) is 10.7. The second-order valence-corrected chi connectivity index (χ2v) is 8.64. The minimum atomic E-state index is -0.474. The third-order valence-corrected chi connectivity index (χ3v) is 6.26. The van der Waals surface area contributed by atoms with Crippen LogP contribution in [0.2, 0.25) is 0 Å². The number of aromatic nitrogens is 1. The summed E-state index contributed by atoms with van der Waals surface area (Å²) >= 11 is 1.54. The zero-order chi connectivity index (χ0) is 21.8. The van der Waals surface area contributed by atoms with Crippen molar-refractivity contribution < 1.29 is 14.3 Å². The SMILES string of the molecule is Cc1sc(-n2cccc2)c(C(=O)OCC(=O)N(C)Cc2ccc(N(C)C)cc2)c1C. The Kier molecular flexibility index (Phi) is 6.62. The van der Waals surface area contributed by atoms with Crippen molar-refractivity contribution >= 4 is 28.9 Å². The predicted octanol–water partition coefficient (Wildman–Crippen LogP) is 4.04. The summed E-state index contributed by atoms with van der Waals surface area (Å²) in [6, 6.07) is 11.8. The number of esters is 1. The van der Waals surface area contributed by atoms with Crippen LogP contribution in [0.1, 0.15) is 26.4 Å². The minimum absolute atomic E-state index is 0.243. The van der Waals surface area contributed by atoms with Crippen molar-refractivity contribution in [2.75, 3.05) is 32.6 Å². The lowest BCUT2D eigenvalue weighted by Crippen LogP contribution is -2.31. The van der Waals surface area contributed by atoms with Gasteiger partial charge < -0.3 is 19.1 Å². The van der Waals surface area contributed by atoms with Crippen molar-refractivity contribution in [3.8, 4) is 5.00 Å². The van der Waals surface area contributed by atoms with Crippen LogP contribution in [0.25, 0.3) is 5.00 Å². The third-order valence-electron chi connectivity index (χ3n) is 5.03. The Morgan fingerprint density at radius 2 is 1.67 bits per heavy atom. The first kappa shape index (κ1) is 21.6. The molecule has 0 radical (unpaired) electrons. The summed E-state index contributed by atoms with van der Waals surface area (Å²) in [7, 11) is 5.68. The van der Waals surface area contributed by atoms with E-state index in [4.69, 9.17) is 4.74 Å². The van der Waals surface area contributed by atoms with Crippen LogP contribution in [0, 0.1) is 13.8 Å². The maximum atomic E-state index is 12.8. The molecule has 30 heavy (non-hydrogen) atoms. The lowest BCUT2D eigenvalue weighted by Gasteiger charge is -2.18. The molecule has 0 unspecified atom stereocenters. The number of ether oxygens (including phenoxy) is 1. The fourth-order valence-corrected chi connectivity index (χ4v) is 4.18. The molecular weight excluding hydrogens is 398 g/mol. The van der Waals surface area contributed by atoms with Gasteiger partial charge in [-0.2, -0.15) is 0 Å². The van der Waals surface area contributed by atoms with Gasteiger partial charge in [-0.15, -0.1) is 11.3 Å². The zero-order valence-corrected chi connectivity index (χ0v) is 18.8. The maximum Gasteiger partial charge on any atom is 0.341 e. The molecule has 1 amide bonds. The molecule has 0 aliphatic carbocycles. The molecule has 1 aromatic carbocycles. The summed E-state index contributed by atoms with van der Waals surface area (Å²) in [5.41, 5.74) is 3.52. The van der Waals surface area contributed by atoms with E-state index < -0.39 is 5.97 Å². The number of thiophene rings is 1. The third kappa shape index (κ3) is 4.74. The highest BCUT2D eigenvalue weighted by molar-refractivity contribution is 7.15. The highest BCUT2D eigenvalue weighted by Gasteiger charge is 2.23. The van der Waals surface area contributed by atoms with Crippen molar-refractivity contribution in [3.05, 3.63) is 70.4 Å². The highest BCUT2D eigenvalue weighted by atomic mass is 32.1. The monoisotopic (exact) mass is 425 g/mol. The molecule has 7 heteroatoms. The van der Waals surface area contributed by atoms with Gasteiger partial charge in [-0.25, -0.2) is 4.79 Å². The number of aryl methyl sites for hydroxylation is 1. The number of rotatable bonds is 7. The number of hydrogen-bond acceptors (Lipinski definition) is 5. The number of anilines is 1. The molecule has 6 nitrogen and oxygen atoms in total. The smallest absolute Gasteiger partial charge is 0.341 e. The minimum Gasteiger partial charge on any atom is -0.452 e. The van der Waals surface area contributed by atoms with Crippen molar-refractivity contribution in [2.24, 2.45) is 0 Å². The lowest BCUT2D eigenvalue weighted by atomic mass is 10.1. The number of likely N-dealkylation sites (N-methyl/N-ethyl adjacent to an activating group) is 1. The Morgan fingerprint density at radius 1 is 1.03 bits per heavy atom. The Morgan fingerprint density at radius 3 is 2.27 bits per heavy atom. The second kappa shape index (κ2) is 9.17. The van der Waals surface area contributed by atoms with Gasteiger partial charge in [0.1, 0.15) is 5.00 Å². The first-order valence-corrected chi connectivity index (χ1v) is 10.5. The van der Waals surface area contributed by atoms with E-state index in [-0.39, 0.29) is 12.5 Å². The summed E-state index contributed by atoms with van der Waals surface area (Å²) in [5, 5.41) is 0.807. The molecule has 0 spiro atoms. The van der Waals surface area contributed by atoms with E-state index >= 15 is 0 Å². The van der Waals surface area contributed by atoms with E-state index in [2.05, 4.69) is 0 Å². The molecule has 0 bridgehead atoms. The molecule has 3 aromatic rings. The van der Waals surface area contributed by atoms with Crippen LogP contribution in [-0.4, -0.2) is 49.1 Å². The Labute approximate surface area is 181 Å². The molecule has 3 rings (SSSR count). The summed E-state index contributed by atoms with van der Waals surface area (Å²) in [6.45, 7) is 4.05. The van der Waals surface area contributed by atoms with Gasteiger partial charge in [-0.05, 0) is 49.2 Å². The van der Waals surface area contributed by atoms with Crippen molar-refractivity contribution in [2.45, 2.75) is 20.4 Å². The van der Waals surface area contributed by atoms with E-state index in [0.29, 0.717) is 12.1 Å². The first-order valence-electron chi connectivity index (χ1n) is 9.68. The molecule has 2 heterocycles. The molecule has 0 saturated heterocycles. The van der Waals surface area contributed by atoms with E-state index in [9.17, 15) is 9.59 Å². The van der Waals surface area contributed by atoms with Gasteiger partial charge in [0.2, 0.25) is 0 Å². The van der Waals surface area contributed by atoms with Gasteiger partial charge >= 0.3 is 5.97 Å². The predicted molar refractivity (Wildman–Crippen MR) is 121 cm³/mol. The Balaban J connectivity index is 1.63. The van der Waals surface area contributed by atoms with Crippen LogP contribution in [0.15, 0.2) is 48.8 Å². The van der Waals surface area contributed by atoms with E-state index in [1.807, 2.05) is 86.2 Å². The maximum absolute atomic E-state index is 12.8. The lowest BCUT2D eigenvalue weighted by molar-refractivity contribution is -0.133. The number of carbonyl (C=O) groups excluding carboxylic acids is 2. The quantitative estimate of drug-likeness (QED) is 0.536. The fraction of sp³-hybridized carbons (Fsp3) is 0.304. The number of carbonyl (C=O) groups is 2. The second-order valence-electron chi connectivity index (χ2n) is 7.44. The molecule has 0 fully saturated rings. The molecule has 0 N–H and O–H groups in total. The van der Waals surface area contributed by atoms with Gasteiger partial charge in [-0.1, -0.05) is 12.1 Å². The highest BCUT2D eigenvalue weighted by Crippen LogP contribution is 2.31. The largest absolute Gasteiger partial charge is 0.452 e. The number of benzene rings is 1. The molecule has 0 aliphatic rings. The number of amides is 1. The molecular formula is C23H27N3O3S. The Bertz CT molecular complexity index is 1020. The van der Waals surface area contributed by atoms with Crippen molar-refractivity contribution in [3.63, 3.8) is 0 Å². The number of nitrogens with zero attached hydrogens (tertiary/aromatic N) is 3. The van der Waals surface area contributed by atoms with Gasteiger partial charge in [0.15, 0.2) is 6.61 Å². The van der Waals surface area contributed by atoms with Crippen LogP contribution in [0.4, 0.5) is 5.69 Å². The summed E-state index contributed by atoms with van der Waals surface area (Å²) in [5.74, 6) is -0.718. The first-order chi connectivity index (χ1) is 14.3. The van der Waals surface area contributed by atoms with Crippen LogP contribution >= 0.6 is 11.3 Å². The molecule has 158 valence electrons. The van der Waals surface area contributed by atoms with Gasteiger partial charge in [0, 0.05) is 50.6 Å². The summed E-state index contributed by atoms with van der Waals surface area (Å²) < 4.78 is 7.28. The van der Waals surface area contributed by atoms with Gasteiger partial charge in [0.05, 0.1) is 5.56 Å². The van der Waals surface area contributed by atoms with Crippen LogP contribution in [0.5, 0.6) is 0 Å². The summed E-state index contributed by atoms with van der Waals surface area (Å²) in [4.78, 5) is 29.9. The molecule has 0 aliphatic heterocycles. The van der Waals surface area contributed by atoms with E-state index in [1.54, 1.807) is 11.9 Å². The van der Waals surface area contributed by atoms with Crippen molar-refractivity contribution in [1.82, 2.24) is 9.47 Å². The van der Waals surface area contributed by atoms with Crippen LogP contribution < -0.4 is 4.90 Å². The van der Waals surface area contributed by atoms with E-state index in [0.717, 1.165) is 26.7 Å². The Hall–Kier alpha value is -3.06. The van der Waals surface area contributed by atoms with Gasteiger partial charge in [0.25, 0.3) is 5.91 Å². The van der Waals surface area contributed by atoms with Crippen LogP contribution in [0.3, 0.4) is 0 Å². The van der Waals surface area contributed by atoms with Crippen molar-refractivity contribution in [1.29, 1.82) is 0 Å². The molecule has 0 atom stereocenters. The fourth-order valence-electron chi connectivity index (χ4n) is 3.07. The zero-order valence-electron chi connectivity index (χ0n) is 18.0. The van der Waals surface area contributed by atoms with E-state index in [1.165, 1.54) is 11.3 Å². The van der Waals surface area contributed by atoms with Gasteiger partial charge in [-0.3, -0.25) is 4.79 Å². The van der Waals surface area contributed by atoms with Crippen LogP contribution in [-0.2, 0) is 16.1 Å². The standard InChI is InChI=1S/C23H27N3O3S/c1-16-17(2)30-22(26-12-6-7-13-26)21(16)23(28)29-15-20(27)25(5)14-18-8-10-19(11-9-18)24(3)4/h6-13H,14-15H2,1-5H3. The molecule has 2 aromatic heterocycles. The topological polar surface area (TPSA) is 54.8 Å². The summed E-state index contributed by atoms with van der Waals surface area (Å²) in [6.07, 6.45) is 3.78. The number of hydrogen-bond donors (Lipinski definition) is 0. The molecule has 0 saturated carbocycles.